The highest BCUT2D eigenvalue weighted by atomic mass is 16.5. The van der Waals surface area contributed by atoms with E-state index >= 15 is 0 Å². The summed E-state index contributed by atoms with van der Waals surface area (Å²) in [6.07, 6.45) is 3.13. The molecule has 2 fully saturated rings. The van der Waals surface area contributed by atoms with E-state index in [1.165, 1.54) is 25.9 Å². The molecule has 2 atom stereocenters. The first kappa shape index (κ1) is 21.1. The highest BCUT2D eigenvalue weighted by molar-refractivity contribution is 5.99. The van der Waals surface area contributed by atoms with Crippen molar-refractivity contribution in [3.05, 3.63) is 23.8 Å². The molecule has 1 aromatic carbocycles. The van der Waals surface area contributed by atoms with Crippen LogP contribution in [0.25, 0.3) is 0 Å². The Bertz CT molecular complexity index is 700. The fraction of sp³-hybridized carbons (Fsp3) is 0.682. The van der Waals surface area contributed by atoms with Gasteiger partial charge < -0.3 is 20.5 Å². The highest BCUT2D eigenvalue weighted by Crippen LogP contribution is 2.50. The molecule has 156 valence electrons. The van der Waals surface area contributed by atoms with Crippen molar-refractivity contribution in [3.8, 4) is 5.75 Å². The minimum atomic E-state index is -0.925. The summed E-state index contributed by atoms with van der Waals surface area (Å²) in [5.41, 5.74) is 6.89. The molecule has 0 spiro atoms. The van der Waals surface area contributed by atoms with Crippen molar-refractivity contribution < 1.29 is 14.3 Å². The number of nitrogens with two attached hydrogens (primary N) is 1. The zero-order chi connectivity index (χ0) is 20.4. The van der Waals surface area contributed by atoms with Crippen LogP contribution in [0.4, 0.5) is 5.69 Å². The molecular formula is C22H35N3O3. The van der Waals surface area contributed by atoms with Crippen molar-refractivity contribution in [2.75, 3.05) is 38.2 Å². The first-order valence-corrected chi connectivity index (χ1v) is 10.5. The molecule has 1 saturated carbocycles. The molecule has 28 heavy (non-hydrogen) atoms. The smallest absolute Gasteiger partial charge is 0.245 e. The van der Waals surface area contributed by atoms with Crippen LogP contribution in [-0.4, -0.2) is 55.3 Å². The molecule has 3 rings (SSSR count). The topological polar surface area (TPSA) is 76.8 Å². The van der Waals surface area contributed by atoms with Crippen molar-refractivity contribution in [1.82, 2.24) is 4.90 Å². The number of ether oxygens (including phenoxy) is 2. The Kier molecular flexibility index (Phi) is 6.32. The quantitative estimate of drug-likeness (QED) is 0.715. The average molecular weight is 390 g/mol. The summed E-state index contributed by atoms with van der Waals surface area (Å²) in [7, 11) is 0. The number of nitrogens with one attached hydrogen (secondary N) is 1. The second-order valence-electron chi connectivity index (χ2n) is 8.67. The molecule has 1 amide bonds. The summed E-state index contributed by atoms with van der Waals surface area (Å²) in [5.74, 6) is 0.704. The average Bonchev–Trinajstić information content (AvgIpc) is 3.16. The number of rotatable bonds is 8. The maximum atomic E-state index is 12.9. The van der Waals surface area contributed by atoms with Gasteiger partial charge in [0.1, 0.15) is 17.9 Å². The van der Waals surface area contributed by atoms with E-state index in [-0.39, 0.29) is 12.0 Å². The van der Waals surface area contributed by atoms with Crippen LogP contribution in [0.2, 0.25) is 0 Å². The van der Waals surface area contributed by atoms with Crippen LogP contribution >= 0.6 is 0 Å². The fourth-order valence-corrected chi connectivity index (χ4v) is 4.24. The standard InChI is InChI=1S/C22H35N3O3/c1-5-27-19-15-22(23,21(19,3)4)20(26)24-17-8-9-18(16(2)14-17)28-13-12-25-10-6-7-11-25/h8-9,14,19H,5-7,10-13,15,23H2,1-4H3,(H,24,26). The molecule has 1 saturated heterocycles. The van der Waals surface area contributed by atoms with Crippen LogP contribution in [0, 0.1) is 12.3 Å². The van der Waals surface area contributed by atoms with Gasteiger partial charge in [-0.25, -0.2) is 0 Å². The van der Waals surface area contributed by atoms with Gasteiger partial charge in [-0.2, -0.15) is 0 Å². The first-order chi connectivity index (χ1) is 13.3. The molecule has 1 heterocycles. The van der Waals surface area contributed by atoms with E-state index in [1.54, 1.807) is 0 Å². The minimum absolute atomic E-state index is 0.0152. The van der Waals surface area contributed by atoms with Gasteiger partial charge in [-0.3, -0.25) is 9.69 Å². The largest absolute Gasteiger partial charge is 0.492 e. The Morgan fingerprint density at radius 3 is 2.64 bits per heavy atom. The Labute approximate surface area is 168 Å². The van der Waals surface area contributed by atoms with E-state index in [2.05, 4.69) is 10.2 Å². The van der Waals surface area contributed by atoms with Crippen LogP contribution in [0.15, 0.2) is 18.2 Å². The van der Waals surface area contributed by atoms with Crippen molar-refractivity contribution in [1.29, 1.82) is 0 Å². The predicted molar refractivity (Wildman–Crippen MR) is 112 cm³/mol. The van der Waals surface area contributed by atoms with Gasteiger partial charge in [0.05, 0.1) is 6.10 Å². The summed E-state index contributed by atoms with van der Waals surface area (Å²) in [5, 5.41) is 2.99. The molecule has 6 heteroatoms. The number of aryl methyl sites for hydroxylation is 1. The summed E-state index contributed by atoms with van der Waals surface area (Å²) >= 11 is 0. The van der Waals surface area contributed by atoms with Gasteiger partial charge in [-0.05, 0) is 63.5 Å². The highest BCUT2D eigenvalue weighted by Gasteiger charge is 2.62. The van der Waals surface area contributed by atoms with Gasteiger partial charge in [-0.1, -0.05) is 13.8 Å². The van der Waals surface area contributed by atoms with Gasteiger partial charge in [0.2, 0.25) is 5.91 Å². The molecular weight excluding hydrogens is 354 g/mol. The molecule has 1 aromatic rings. The number of nitrogens with zero attached hydrogens (tertiary/aromatic N) is 1. The van der Waals surface area contributed by atoms with E-state index < -0.39 is 11.0 Å². The van der Waals surface area contributed by atoms with Crippen molar-refractivity contribution in [2.45, 2.75) is 58.6 Å². The number of anilines is 1. The Morgan fingerprint density at radius 1 is 1.32 bits per heavy atom. The normalized spacial score (nSPS) is 26.7. The van der Waals surface area contributed by atoms with E-state index in [1.807, 2.05) is 45.9 Å². The Hall–Kier alpha value is -1.63. The lowest BCUT2D eigenvalue weighted by atomic mass is 9.54. The zero-order valence-corrected chi connectivity index (χ0v) is 17.7. The number of likely N-dealkylation sites (tertiary alicyclic amines) is 1. The van der Waals surface area contributed by atoms with Crippen LogP contribution in [-0.2, 0) is 9.53 Å². The third-order valence-electron chi connectivity index (χ3n) is 6.53. The predicted octanol–water partition coefficient (Wildman–Crippen LogP) is 2.94. The molecule has 0 radical (unpaired) electrons. The summed E-state index contributed by atoms with van der Waals surface area (Å²) in [4.78, 5) is 15.3. The van der Waals surface area contributed by atoms with Gasteiger partial charge >= 0.3 is 0 Å². The van der Waals surface area contributed by atoms with Gasteiger partial charge in [0.25, 0.3) is 0 Å². The van der Waals surface area contributed by atoms with Gasteiger partial charge in [0, 0.05) is 30.7 Å². The van der Waals surface area contributed by atoms with E-state index in [0.717, 1.165) is 23.5 Å². The van der Waals surface area contributed by atoms with Gasteiger partial charge in [-0.15, -0.1) is 0 Å². The molecule has 1 aliphatic heterocycles. The van der Waals surface area contributed by atoms with Crippen LogP contribution in [0.1, 0.15) is 45.6 Å². The number of amides is 1. The zero-order valence-electron chi connectivity index (χ0n) is 17.7. The lowest BCUT2D eigenvalue weighted by Crippen LogP contribution is -2.74. The summed E-state index contributed by atoms with van der Waals surface area (Å²) in [6, 6.07) is 5.75. The van der Waals surface area contributed by atoms with Crippen LogP contribution in [0.3, 0.4) is 0 Å². The number of benzene rings is 1. The van der Waals surface area contributed by atoms with Crippen LogP contribution in [0.5, 0.6) is 5.75 Å². The molecule has 1 aliphatic carbocycles. The molecule has 6 nitrogen and oxygen atoms in total. The molecule has 2 aliphatic rings. The van der Waals surface area contributed by atoms with E-state index in [4.69, 9.17) is 15.2 Å². The second kappa shape index (κ2) is 8.39. The number of carbonyl (C=O) groups excluding carboxylic acids is 1. The third-order valence-corrected chi connectivity index (χ3v) is 6.53. The first-order valence-electron chi connectivity index (χ1n) is 10.5. The SMILES string of the molecule is CCOC1CC(N)(C(=O)Nc2ccc(OCCN3CCCC3)c(C)c2)C1(C)C. The van der Waals surface area contributed by atoms with Crippen molar-refractivity contribution >= 4 is 11.6 Å². The lowest BCUT2D eigenvalue weighted by Gasteiger charge is -2.57. The fourth-order valence-electron chi connectivity index (χ4n) is 4.24. The van der Waals surface area contributed by atoms with E-state index in [9.17, 15) is 4.79 Å². The summed E-state index contributed by atoms with van der Waals surface area (Å²) < 4.78 is 11.7. The molecule has 0 bridgehead atoms. The maximum Gasteiger partial charge on any atom is 0.245 e. The van der Waals surface area contributed by atoms with Crippen molar-refractivity contribution in [3.63, 3.8) is 0 Å². The Morgan fingerprint density at radius 2 is 2.04 bits per heavy atom. The van der Waals surface area contributed by atoms with Crippen molar-refractivity contribution in [2.24, 2.45) is 11.1 Å². The maximum absolute atomic E-state index is 12.9. The van der Waals surface area contributed by atoms with Gasteiger partial charge in [0.15, 0.2) is 0 Å². The minimum Gasteiger partial charge on any atom is -0.492 e. The lowest BCUT2D eigenvalue weighted by molar-refractivity contribution is -0.166. The second-order valence-corrected chi connectivity index (χ2v) is 8.67. The van der Waals surface area contributed by atoms with Crippen LogP contribution < -0.4 is 15.8 Å². The molecule has 0 aromatic heterocycles. The number of carbonyl (C=O) groups is 1. The number of hydrogen-bond acceptors (Lipinski definition) is 5. The summed E-state index contributed by atoms with van der Waals surface area (Å²) in [6.45, 7) is 12.6. The Balaban J connectivity index is 1.56. The molecule has 3 N–H and O–H groups in total. The third kappa shape index (κ3) is 4.04. The molecule has 2 unspecified atom stereocenters. The van der Waals surface area contributed by atoms with E-state index in [0.29, 0.717) is 19.6 Å². The monoisotopic (exact) mass is 389 g/mol. The number of hydrogen-bond donors (Lipinski definition) is 2.